The van der Waals surface area contributed by atoms with Gasteiger partial charge in [-0.05, 0) is 31.4 Å². The lowest BCUT2D eigenvalue weighted by Crippen LogP contribution is -2.26. The number of furan rings is 1. The van der Waals surface area contributed by atoms with Crippen LogP contribution in [0.4, 0.5) is 5.69 Å². The summed E-state index contributed by atoms with van der Waals surface area (Å²) in [5.74, 6) is 0.623. The monoisotopic (exact) mass is 311 g/mol. The zero-order valence-electron chi connectivity index (χ0n) is 13.9. The Bertz CT molecular complexity index is 782. The van der Waals surface area contributed by atoms with Crippen molar-refractivity contribution in [1.29, 1.82) is 0 Å². The molecule has 4 heteroatoms. The molecule has 4 nitrogen and oxygen atoms in total. The minimum Gasteiger partial charge on any atom is -0.455 e. The Hall–Kier alpha value is -2.36. The van der Waals surface area contributed by atoms with Crippen LogP contribution in [0.15, 0.2) is 28.7 Å². The maximum absolute atomic E-state index is 12.5. The van der Waals surface area contributed by atoms with Crippen molar-refractivity contribution < 1.29 is 14.0 Å². The van der Waals surface area contributed by atoms with Crippen LogP contribution in [0.1, 0.15) is 58.1 Å². The van der Waals surface area contributed by atoms with E-state index in [1.807, 2.05) is 45.0 Å². The van der Waals surface area contributed by atoms with E-state index in [-0.39, 0.29) is 22.9 Å². The van der Waals surface area contributed by atoms with Crippen molar-refractivity contribution in [2.45, 2.75) is 40.5 Å². The van der Waals surface area contributed by atoms with E-state index in [4.69, 9.17) is 4.42 Å². The highest BCUT2D eigenvalue weighted by atomic mass is 16.4. The zero-order chi connectivity index (χ0) is 16.8. The highest BCUT2D eigenvalue weighted by molar-refractivity contribution is 6.07. The molecule has 120 valence electrons. The third-order valence-electron chi connectivity index (χ3n) is 4.29. The standard InChI is InChI=1S/C19H21NO3/c1-11-5-7-13(8-6-11)20-18(22)17-12(2)16-14(21)9-19(3,4)10-15(16)23-17/h5-8H,9-10H2,1-4H3,(H,20,22). The lowest BCUT2D eigenvalue weighted by atomic mass is 9.76. The highest BCUT2D eigenvalue weighted by Gasteiger charge is 2.37. The number of fused-ring (bicyclic) bond motifs is 1. The molecule has 3 rings (SSSR count). The van der Waals surface area contributed by atoms with Gasteiger partial charge in [-0.1, -0.05) is 31.5 Å². The molecule has 1 aromatic heterocycles. The molecular weight excluding hydrogens is 290 g/mol. The number of ketones is 1. The predicted molar refractivity (Wildman–Crippen MR) is 89.0 cm³/mol. The van der Waals surface area contributed by atoms with Crippen molar-refractivity contribution in [3.8, 4) is 0 Å². The Kier molecular flexibility index (Phi) is 3.63. The van der Waals surface area contributed by atoms with Crippen molar-refractivity contribution in [3.63, 3.8) is 0 Å². The summed E-state index contributed by atoms with van der Waals surface area (Å²) in [4.78, 5) is 24.9. The van der Waals surface area contributed by atoms with Gasteiger partial charge in [-0.15, -0.1) is 0 Å². The maximum Gasteiger partial charge on any atom is 0.291 e. The summed E-state index contributed by atoms with van der Waals surface area (Å²) in [7, 11) is 0. The van der Waals surface area contributed by atoms with E-state index in [1.165, 1.54) is 0 Å². The Morgan fingerprint density at radius 3 is 2.43 bits per heavy atom. The minimum atomic E-state index is -0.314. The molecule has 1 amide bonds. The summed E-state index contributed by atoms with van der Waals surface area (Å²) in [5.41, 5.74) is 2.95. The molecule has 1 heterocycles. The van der Waals surface area contributed by atoms with E-state index in [1.54, 1.807) is 6.92 Å². The molecular formula is C19H21NO3. The van der Waals surface area contributed by atoms with Crippen LogP contribution in [0.3, 0.4) is 0 Å². The average Bonchev–Trinajstić information content (AvgIpc) is 2.77. The SMILES string of the molecule is Cc1ccc(NC(=O)c2oc3c(c2C)C(=O)CC(C)(C)C3)cc1. The molecule has 1 aliphatic carbocycles. The second-order valence-corrected chi connectivity index (χ2v) is 7.12. The van der Waals surface area contributed by atoms with Crippen LogP contribution in [0.2, 0.25) is 0 Å². The van der Waals surface area contributed by atoms with Gasteiger partial charge < -0.3 is 9.73 Å². The number of carbonyl (C=O) groups excluding carboxylic acids is 2. The first-order chi connectivity index (χ1) is 10.8. The van der Waals surface area contributed by atoms with Crippen LogP contribution < -0.4 is 5.32 Å². The van der Waals surface area contributed by atoms with E-state index < -0.39 is 0 Å². The molecule has 23 heavy (non-hydrogen) atoms. The molecule has 0 saturated heterocycles. The molecule has 0 spiro atoms. The maximum atomic E-state index is 12.5. The lowest BCUT2D eigenvalue weighted by molar-refractivity contribution is 0.0898. The molecule has 1 N–H and O–H groups in total. The van der Waals surface area contributed by atoms with Crippen LogP contribution in [0.25, 0.3) is 0 Å². The molecule has 0 fully saturated rings. The molecule has 0 radical (unpaired) electrons. The number of nitrogens with one attached hydrogen (secondary N) is 1. The first-order valence-corrected chi connectivity index (χ1v) is 7.80. The van der Waals surface area contributed by atoms with Crippen molar-refractivity contribution in [1.82, 2.24) is 0 Å². The number of amides is 1. The van der Waals surface area contributed by atoms with Gasteiger partial charge in [0.1, 0.15) is 5.76 Å². The van der Waals surface area contributed by atoms with E-state index >= 15 is 0 Å². The topological polar surface area (TPSA) is 59.3 Å². The lowest BCUT2D eigenvalue weighted by Gasteiger charge is -2.27. The molecule has 2 aromatic rings. The third-order valence-corrected chi connectivity index (χ3v) is 4.29. The van der Waals surface area contributed by atoms with E-state index in [2.05, 4.69) is 5.32 Å². The fourth-order valence-corrected chi connectivity index (χ4v) is 3.12. The van der Waals surface area contributed by atoms with Gasteiger partial charge in [-0.3, -0.25) is 9.59 Å². The number of benzene rings is 1. The molecule has 0 saturated carbocycles. The first kappa shape index (κ1) is 15.5. The minimum absolute atomic E-state index is 0.0619. The van der Waals surface area contributed by atoms with Crippen molar-refractivity contribution in [3.05, 3.63) is 52.5 Å². The number of Topliss-reactive ketones (excluding diaryl/α,β-unsaturated/α-hetero) is 1. The second-order valence-electron chi connectivity index (χ2n) is 7.12. The molecule has 0 bridgehead atoms. The Morgan fingerprint density at radius 1 is 1.13 bits per heavy atom. The summed E-state index contributed by atoms with van der Waals surface area (Å²) in [5, 5.41) is 2.83. The summed E-state index contributed by atoms with van der Waals surface area (Å²) in [6.45, 7) is 7.85. The molecule has 0 atom stereocenters. The normalized spacial score (nSPS) is 16.1. The Morgan fingerprint density at radius 2 is 1.78 bits per heavy atom. The summed E-state index contributed by atoms with van der Waals surface area (Å²) in [6.07, 6.45) is 1.16. The summed E-state index contributed by atoms with van der Waals surface area (Å²) >= 11 is 0. The van der Waals surface area contributed by atoms with Gasteiger partial charge in [-0.25, -0.2) is 0 Å². The van der Waals surface area contributed by atoms with Crippen molar-refractivity contribution >= 4 is 17.4 Å². The zero-order valence-corrected chi connectivity index (χ0v) is 13.9. The Labute approximate surface area is 135 Å². The number of aryl methyl sites for hydroxylation is 1. The smallest absolute Gasteiger partial charge is 0.291 e. The molecule has 1 aliphatic rings. The van der Waals surface area contributed by atoms with E-state index in [0.29, 0.717) is 35.4 Å². The fraction of sp³-hybridized carbons (Fsp3) is 0.368. The number of hydrogen-bond acceptors (Lipinski definition) is 3. The summed E-state index contributed by atoms with van der Waals surface area (Å²) in [6, 6.07) is 7.56. The molecule has 0 unspecified atom stereocenters. The van der Waals surface area contributed by atoms with Crippen LogP contribution in [0.5, 0.6) is 0 Å². The van der Waals surface area contributed by atoms with Crippen LogP contribution >= 0.6 is 0 Å². The van der Waals surface area contributed by atoms with Crippen LogP contribution in [0, 0.1) is 19.3 Å². The second kappa shape index (κ2) is 5.37. The number of hydrogen-bond donors (Lipinski definition) is 1. The molecule has 1 aromatic carbocycles. The van der Waals surface area contributed by atoms with Gasteiger partial charge >= 0.3 is 0 Å². The van der Waals surface area contributed by atoms with Gasteiger partial charge in [-0.2, -0.15) is 0 Å². The predicted octanol–water partition coefficient (Wildman–Crippen LogP) is 4.30. The van der Waals surface area contributed by atoms with Crippen molar-refractivity contribution in [2.75, 3.05) is 5.32 Å². The number of rotatable bonds is 2. The van der Waals surface area contributed by atoms with Gasteiger partial charge in [0, 0.05) is 24.1 Å². The molecule has 0 aliphatic heterocycles. The van der Waals surface area contributed by atoms with Crippen LogP contribution in [-0.4, -0.2) is 11.7 Å². The van der Waals surface area contributed by atoms with E-state index in [9.17, 15) is 9.59 Å². The largest absolute Gasteiger partial charge is 0.455 e. The third kappa shape index (κ3) is 2.93. The van der Waals surface area contributed by atoms with Crippen LogP contribution in [-0.2, 0) is 6.42 Å². The summed E-state index contributed by atoms with van der Waals surface area (Å²) < 4.78 is 5.77. The van der Waals surface area contributed by atoms with Crippen molar-refractivity contribution in [2.24, 2.45) is 5.41 Å². The van der Waals surface area contributed by atoms with Gasteiger partial charge in [0.25, 0.3) is 5.91 Å². The first-order valence-electron chi connectivity index (χ1n) is 7.80. The number of anilines is 1. The highest BCUT2D eigenvalue weighted by Crippen LogP contribution is 2.38. The van der Waals surface area contributed by atoms with Gasteiger partial charge in [0.05, 0.1) is 5.56 Å². The number of carbonyl (C=O) groups is 2. The fourth-order valence-electron chi connectivity index (χ4n) is 3.12. The van der Waals surface area contributed by atoms with Gasteiger partial charge in [0.15, 0.2) is 11.5 Å². The van der Waals surface area contributed by atoms with E-state index in [0.717, 1.165) is 5.56 Å². The quantitative estimate of drug-likeness (QED) is 0.899. The average molecular weight is 311 g/mol. The Balaban J connectivity index is 1.91. The van der Waals surface area contributed by atoms with Gasteiger partial charge in [0.2, 0.25) is 0 Å².